The minimum absolute atomic E-state index is 0.177. The van der Waals surface area contributed by atoms with Crippen molar-refractivity contribution in [3.8, 4) is 0 Å². The van der Waals surface area contributed by atoms with Gasteiger partial charge in [0, 0.05) is 25.4 Å². The van der Waals surface area contributed by atoms with Crippen LogP contribution in [0, 0.1) is 0 Å². The average Bonchev–Trinajstić information content (AvgIpc) is 3.02. The van der Waals surface area contributed by atoms with Crippen LogP contribution in [0.2, 0.25) is 0 Å². The Morgan fingerprint density at radius 1 is 1.09 bits per heavy atom. The second-order valence-corrected chi connectivity index (χ2v) is 8.67. The Morgan fingerprint density at radius 2 is 1.74 bits per heavy atom. The van der Waals surface area contributed by atoms with Gasteiger partial charge in [-0.05, 0) is 25.3 Å². The van der Waals surface area contributed by atoms with Gasteiger partial charge in [0.05, 0.1) is 17.7 Å². The molecule has 1 unspecified atom stereocenters. The van der Waals surface area contributed by atoms with Crippen LogP contribution in [0.25, 0.3) is 0 Å². The number of amides is 2. The van der Waals surface area contributed by atoms with Crippen LogP contribution in [0.4, 0.5) is 0 Å². The first-order valence-electron chi connectivity index (χ1n) is 12.5. The summed E-state index contributed by atoms with van der Waals surface area (Å²) < 4.78 is 8.77. The fourth-order valence-corrected chi connectivity index (χ4v) is 4.89. The van der Waals surface area contributed by atoms with Crippen molar-refractivity contribution in [1.29, 1.82) is 0 Å². The summed E-state index contributed by atoms with van der Waals surface area (Å²) in [5.41, 5.74) is 0.953. The Balaban J connectivity index is 0.00000137. The molecule has 0 aromatic heterocycles. The number of hydrogen-bond acceptors (Lipinski definition) is 5. The molecule has 1 saturated heterocycles. The number of rotatable bonds is 8. The van der Waals surface area contributed by atoms with Crippen molar-refractivity contribution in [3.63, 3.8) is 0 Å². The molecule has 2 aliphatic rings. The Kier molecular flexibility index (Phi) is 13.8. The summed E-state index contributed by atoms with van der Waals surface area (Å²) in [4.78, 5) is 27.5. The lowest BCUT2D eigenvalue weighted by atomic mass is 9.92. The van der Waals surface area contributed by atoms with E-state index >= 15 is 0 Å². The molecule has 0 bridgehead atoms. The molecule has 1 atom stereocenters. The molecule has 0 radical (unpaired) electrons. The Bertz CT molecular complexity index is 850. The second-order valence-electron chi connectivity index (χ2n) is 7.49. The van der Waals surface area contributed by atoms with Crippen molar-refractivity contribution in [2.24, 2.45) is 0 Å². The number of ether oxygens (including phenoxy) is 1. The molecule has 188 valence electrons. The SMILES string of the molecule is C=CC1=C(/C=C\C)C(=O)N(CC2(c3ccccc3)CN(SCCC)CCCO2)C1=O.CC.CC. The van der Waals surface area contributed by atoms with Gasteiger partial charge in [-0.1, -0.05) is 102 Å². The smallest absolute Gasteiger partial charge is 0.261 e. The first-order valence-corrected chi connectivity index (χ1v) is 13.4. The molecule has 34 heavy (non-hydrogen) atoms. The van der Waals surface area contributed by atoms with Gasteiger partial charge in [-0.15, -0.1) is 0 Å². The second kappa shape index (κ2) is 15.7. The maximum atomic E-state index is 13.1. The molecule has 2 heterocycles. The number of benzene rings is 1. The van der Waals surface area contributed by atoms with Gasteiger partial charge in [-0.2, -0.15) is 0 Å². The highest BCUT2D eigenvalue weighted by Gasteiger charge is 2.45. The van der Waals surface area contributed by atoms with Crippen molar-refractivity contribution >= 4 is 23.8 Å². The molecule has 0 aliphatic carbocycles. The van der Waals surface area contributed by atoms with Crippen LogP contribution in [0.3, 0.4) is 0 Å². The largest absolute Gasteiger partial charge is 0.367 e. The maximum absolute atomic E-state index is 13.1. The molecule has 0 N–H and O–H groups in total. The highest BCUT2D eigenvalue weighted by Crippen LogP contribution is 2.35. The minimum atomic E-state index is -0.776. The van der Waals surface area contributed by atoms with Crippen LogP contribution in [0.1, 0.15) is 59.9 Å². The van der Waals surface area contributed by atoms with Crippen LogP contribution in [0.15, 0.2) is 66.3 Å². The first-order chi connectivity index (χ1) is 16.6. The molecular weight excluding hydrogens is 444 g/mol. The number of carbonyl (C=O) groups is 2. The molecule has 0 saturated carbocycles. The third-order valence-electron chi connectivity index (χ3n) is 5.33. The fraction of sp³-hybridized carbons (Fsp3) is 0.500. The van der Waals surface area contributed by atoms with E-state index in [0.29, 0.717) is 24.3 Å². The molecule has 1 aromatic rings. The molecule has 3 rings (SSSR count). The quantitative estimate of drug-likeness (QED) is 0.326. The summed E-state index contributed by atoms with van der Waals surface area (Å²) in [6, 6.07) is 9.95. The Labute approximate surface area is 211 Å². The molecular formula is C28H42N2O3S. The van der Waals surface area contributed by atoms with Gasteiger partial charge in [0.25, 0.3) is 11.8 Å². The van der Waals surface area contributed by atoms with Crippen LogP contribution in [-0.4, -0.2) is 53.0 Å². The molecule has 2 amide bonds. The number of imide groups is 1. The molecule has 1 fully saturated rings. The summed E-state index contributed by atoms with van der Waals surface area (Å²) in [5, 5.41) is 0. The van der Waals surface area contributed by atoms with Crippen molar-refractivity contribution < 1.29 is 14.3 Å². The van der Waals surface area contributed by atoms with E-state index < -0.39 is 5.60 Å². The molecule has 1 aromatic carbocycles. The summed E-state index contributed by atoms with van der Waals surface area (Å²) in [6.07, 6.45) is 6.92. The van der Waals surface area contributed by atoms with Crippen molar-refractivity contribution in [2.75, 3.05) is 32.0 Å². The Hall–Kier alpha value is -2.15. The zero-order valence-corrected chi connectivity index (χ0v) is 22.6. The lowest BCUT2D eigenvalue weighted by Crippen LogP contribution is -2.50. The van der Waals surface area contributed by atoms with E-state index in [1.165, 1.54) is 11.0 Å². The normalized spacial score (nSPS) is 21.1. The van der Waals surface area contributed by atoms with Gasteiger partial charge < -0.3 is 4.74 Å². The van der Waals surface area contributed by atoms with E-state index in [1.807, 2.05) is 76.9 Å². The van der Waals surface area contributed by atoms with E-state index in [4.69, 9.17) is 4.74 Å². The lowest BCUT2D eigenvalue weighted by molar-refractivity contribution is -0.144. The summed E-state index contributed by atoms with van der Waals surface area (Å²) in [7, 11) is 0. The minimum Gasteiger partial charge on any atom is -0.367 e. The topological polar surface area (TPSA) is 49.9 Å². The molecule has 5 nitrogen and oxygen atoms in total. The molecule has 6 heteroatoms. The molecule has 0 spiro atoms. The highest BCUT2D eigenvalue weighted by atomic mass is 32.2. The van der Waals surface area contributed by atoms with Gasteiger partial charge in [0.2, 0.25) is 0 Å². The van der Waals surface area contributed by atoms with Gasteiger partial charge >= 0.3 is 0 Å². The standard InChI is InChI=1S/C24H30N2O3S.2C2H6/c1-4-11-21-20(6-3)22(27)26(23(21)28)18-24(19-12-8-7-9-13-19)17-25(30-16-5-2)14-10-15-29-24;2*1-2/h4,6-9,11-13H,3,5,10,14-18H2,1-2H3;2*1-2H3/b11-4-;;. The third kappa shape index (κ3) is 7.17. The van der Waals surface area contributed by atoms with E-state index in [0.717, 1.165) is 30.7 Å². The van der Waals surface area contributed by atoms with Crippen molar-refractivity contribution in [2.45, 2.75) is 60.0 Å². The fourth-order valence-electron chi connectivity index (χ4n) is 3.89. The van der Waals surface area contributed by atoms with Gasteiger partial charge in [0.1, 0.15) is 5.60 Å². The summed E-state index contributed by atoms with van der Waals surface area (Å²) in [6.45, 7) is 18.0. The van der Waals surface area contributed by atoms with Gasteiger partial charge in [-0.3, -0.25) is 14.5 Å². The van der Waals surface area contributed by atoms with Crippen LogP contribution in [-0.2, 0) is 19.9 Å². The highest BCUT2D eigenvalue weighted by molar-refractivity contribution is 7.97. The zero-order chi connectivity index (χ0) is 25.6. The maximum Gasteiger partial charge on any atom is 0.261 e. The predicted octanol–water partition coefficient (Wildman–Crippen LogP) is 6.14. The van der Waals surface area contributed by atoms with Gasteiger partial charge in [-0.25, -0.2) is 4.31 Å². The van der Waals surface area contributed by atoms with Crippen LogP contribution in [0.5, 0.6) is 0 Å². The number of carbonyl (C=O) groups excluding carboxylic acids is 2. The summed E-state index contributed by atoms with van der Waals surface area (Å²) in [5.74, 6) is 0.433. The number of allylic oxidation sites excluding steroid dienone is 1. The average molecular weight is 487 g/mol. The number of nitrogens with zero attached hydrogens (tertiary/aromatic N) is 2. The third-order valence-corrected chi connectivity index (χ3v) is 6.60. The monoisotopic (exact) mass is 486 g/mol. The van der Waals surface area contributed by atoms with Crippen molar-refractivity contribution in [1.82, 2.24) is 9.21 Å². The predicted molar refractivity (Wildman–Crippen MR) is 144 cm³/mol. The molecule has 2 aliphatic heterocycles. The lowest BCUT2D eigenvalue weighted by Gasteiger charge is -2.38. The van der Waals surface area contributed by atoms with Crippen LogP contribution >= 0.6 is 11.9 Å². The van der Waals surface area contributed by atoms with Crippen LogP contribution < -0.4 is 0 Å². The van der Waals surface area contributed by atoms with E-state index in [1.54, 1.807) is 12.2 Å². The van der Waals surface area contributed by atoms with Crippen molar-refractivity contribution in [3.05, 3.63) is 71.8 Å². The zero-order valence-electron chi connectivity index (χ0n) is 21.8. The first kappa shape index (κ1) is 29.9. The summed E-state index contributed by atoms with van der Waals surface area (Å²) >= 11 is 1.81. The Morgan fingerprint density at radius 3 is 2.32 bits per heavy atom. The van der Waals surface area contributed by atoms with E-state index in [2.05, 4.69) is 17.8 Å². The number of hydrogen-bond donors (Lipinski definition) is 0. The van der Waals surface area contributed by atoms with Gasteiger partial charge in [0.15, 0.2) is 0 Å². The van der Waals surface area contributed by atoms with E-state index in [9.17, 15) is 9.59 Å². The van der Waals surface area contributed by atoms with E-state index in [-0.39, 0.29) is 18.4 Å².